The van der Waals surface area contributed by atoms with Crippen molar-refractivity contribution in [2.24, 2.45) is 0 Å². The number of hydrogen-bond donors (Lipinski definition) is 1. The van der Waals surface area contributed by atoms with Gasteiger partial charge in [-0.1, -0.05) is 6.92 Å². The Morgan fingerprint density at radius 1 is 1.36 bits per heavy atom. The zero-order valence-electron chi connectivity index (χ0n) is 8.18. The third kappa shape index (κ3) is 6.28. The van der Waals surface area contributed by atoms with Crippen LogP contribution < -0.4 is 5.32 Å². The summed E-state index contributed by atoms with van der Waals surface area (Å²) in [5, 5.41) is 3.13. The van der Waals surface area contributed by atoms with Crippen LogP contribution in [0, 0.1) is 0 Å². The van der Waals surface area contributed by atoms with Crippen molar-refractivity contribution in [3.63, 3.8) is 0 Å². The molecule has 0 aliphatic rings. The molecule has 0 saturated carbocycles. The fourth-order valence-electron chi connectivity index (χ4n) is 0.930. The Balaban J connectivity index is 3.38. The largest absolute Gasteiger partial charge is 0.332 e. The Morgan fingerprint density at radius 2 is 2.00 bits per heavy atom. The van der Waals surface area contributed by atoms with Gasteiger partial charge in [0.15, 0.2) is 6.73 Å². The topological polar surface area (TPSA) is 21.3 Å². The standard InChI is InChI=1S/C8H21N2O/c1-5-6-11-8-10(3,4)7-9-2/h9H,5-8H2,1-4H3/q+1. The van der Waals surface area contributed by atoms with Gasteiger partial charge in [-0.3, -0.25) is 9.80 Å². The minimum Gasteiger partial charge on any atom is -0.332 e. The number of quaternary nitrogens is 1. The Kier molecular flexibility index (Phi) is 5.46. The quantitative estimate of drug-likeness (QED) is 0.350. The number of nitrogens with zero attached hydrogens (tertiary/aromatic N) is 1. The van der Waals surface area contributed by atoms with Crippen molar-refractivity contribution in [1.82, 2.24) is 5.32 Å². The van der Waals surface area contributed by atoms with Crippen molar-refractivity contribution in [3.8, 4) is 0 Å². The summed E-state index contributed by atoms with van der Waals surface area (Å²) >= 11 is 0. The highest BCUT2D eigenvalue weighted by Crippen LogP contribution is 1.94. The van der Waals surface area contributed by atoms with Crippen LogP contribution in [0.4, 0.5) is 0 Å². The average molecular weight is 161 g/mol. The van der Waals surface area contributed by atoms with E-state index in [4.69, 9.17) is 4.74 Å². The smallest absolute Gasteiger partial charge is 0.183 e. The molecule has 0 atom stereocenters. The Bertz CT molecular complexity index is 94.1. The van der Waals surface area contributed by atoms with E-state index in [0.29, 0.717) is 0 Å². The predicted octanol–water partition coefficient (Wildman–Crippen LogP) is 0.624. The van der Waals surface area contributed by atoms with Gasteiger partial charge in [-0.15, -0.1) is 0 Å². The van der Waals surface area contributed by atoms with E-state index < -0.39 is 0 Å². The van der Waals surface area contributed by atoms with Crippen LogP contribution in [0.15, 0.2) is 0 Å². The van der Waals surface area contributed by atoms with Crippen molar-refractivity contribution in [2.75, 3.05) is 41.1 Å². The van der Waals surface area contributed by atoms with Crippen molar-refractivity contribution >= 4 is 0 Å². The molecule has 0 fully saturated rings. The van der Waals surface area contributed by atoms with Gasteiger partial charge in [0.2, 0.25) is 0 Å². The molecule has 0 amide bonds. The van der Waals surface area contributed by atoms with Crippen molar-refractivity contribution in [1.29, 1.82) is 0 Å². The zero-order chi connectivity index (χ0) is 8.74. The second-order valence-corrected chi connectivity index (χ2v) is 3.48. The monoisotopic (exact) mass is 161 g/mol. The number of nitrogens with one attached hydrogen (secondary N) is 1. The second kappa shape index (κ2) is 5.52. The molecule has 0 unspecified atom stereocenters. The Morgan fingerprint density at radius 3 is 2.45 bits per heavy atom. The van der Waals surface area contributed by atoms with E-state index in [1.165, 1.54) is 0 Å². The molecule has 0 spiro atoms. The van der Waals surface area contributed by atoms with Crippen LogP contribution in [0.3, 0.4) is 0 Å². The van der Waals surface area contributed by atoms with Gasteiger partial charge >= 0.3 is 0 Å². The summed E-state index contributed by atoms with van der Waals surface area (Å²) in [7, 11) is 6.25. The SMILES string of the molecule is CCCOC[N+](C)(C)CNC. The average Bonchev–Trinajstić information content (AvgIpc) is 1.87. The fourth-order valence-corrected chi connectivity index (χ4v) is 0.930. The summed E-state index contributed by atoms with van der Waals surface area (Å²) in [4.78, 5) is 0. The molecule has 0 aliphatic heterocycles. The van der Waals surface area contributed by atoms with Crippen LogP contribution in [0.5, 0.6) is 0 Å². The second-order valence-electron chi connectivity index (χ2n) is 3.48. The van der Waals surface area contributed by atoms with E-state index in [-0.39, 0.29) is 0 Å². The first-order chi connectivity index (χ1) is 5.12. The summed E-state index contributed by atoms with van der Waals surface area (Å²) in [6.07, 6.45) is 1.10. The van der Waals surface area contributed by atoms with Gasteiger partial charge in [0, 0.05) is 0 Å². The van der Waals surface area contributed by atoms with Crippen LogP contribution >= 0.6 is 0 Å². The number of ether oxygens (including phenoxy) is 1. The summed E-state index contributed by atoms with van der Waals surface area (Å²) in [5.74, 6) is 0. The lowest BCUT2D eigenvalue weighted by Crippen LogP contribution is -2.47. The molecule has 0 saturated heterocycles. The Hall–Kier alpha value is -0.120. The van der Waals surface area contributed by atoms with E-state index in [1.807, 2.05) is 7.05 Å². The zero-order valence-corrected chi connectivity index (χ0v) is 8.18. The molecule has 3 nitrogen and oxygen atoms in total. The van der Waals surface area contributed by atoms with Crippen LogP contribution in [0.1, 0.15) is 13.3 Å². The van der Waals surface area contributed by atoms with Crippen LogP contribution in [-0.2, 0) is 4.74 Å². The molecule has 0 aromatic rings. The molecule has 0 rings (SSSR count). The molecule has 0 radical (unpaired) electrons. The molecule has 0 aliphatic carbocycles. The van der Waals surface area contributed by atoms with Gasteiger partial charge in [-0.05, 0) is 13.5 Å². The summed E-state index contributed by atoms with van der Waals surface area (Å²) < 4.78 is 6.30. The molecular formula is C8H21N2O+. The Labute approximate surface area is 69.9 Å². The molecular weight excluding hydrogens is 140 g/mol. The fraction of sp³-hybridized carbons (Fsp3) is 1.00. The van der Waals surface area contributed by atoms with Gasteiger partial charge < -0.3 is 4.74 Å². The van der Waals surface area contributed by atoms with Crippen LogP contribution in [-0.4, -0.2) is 45.6 Å². The van der Waals surface area contributed by atoms with Crippen LogP contribution in [0.25, 0.3) is 0 Å². The molecule has 3 heteroatoms. The van der Waals surface area contributed by atoms with Crippen molar-refractivity contribution in [3.05, 3.63) is 0 Å². The highest BCUT2D eigenvalue weighted by molar-refractivity contribution is 4.23. The summed E-state index contributed by atoms with van der Waals surface area (Å²) in [6, 6.07) is 0. The highest BCUT2D eigenvalue weighted by Gasteiger charge is 2.12. The molecule has 0 bridgehead atoms. The van der Waals surface area contributed by atoms with Gasteiger partial charge in [-0.25, -0.2) is 0 Å². The van der Waals surface area contributed by atoms with E-state index in [2.05, 4.69) is 26.3 Å². The van der Waals surface area contributed by atoms with E-state index in [0.717, 1.165) is 30.9 Å². The third-order valence-corrected chi connectivity index (χ3v) is 1.38. The summed E-state index contributed by atoms with van der Waals surface area (Å²) in [6.45, 7) is 4.72. The highest BCUT2D eigenvalue weighted by atomic mass is 16.5. The van der Waals surface area contributed by atoms with Crippen LogP contribution in [0.2, 0.25) is 0 Å². The van der Waals surface area contributed by atoms with E-state index in [9.17, 15) is 0 Å². The molecule has 0 aromatic heterocycles. The predicted molar refractivity (Wildman–Crippen MR) is 47.1 cm³/mol. The summed E-state index contributed by atoms with van der Waals surface area (Å²) in [5.41, 5.74) is 0. The first kappa shape index (κ1) is 10.9. The normalized spacial score (nSPS) is 12.0. The van der Waals surface area contributed by atoms with Crippen molar-refractivity contribution in [2.45, 2.75) is 13.3 Å². The molecule has 11 heavy (non-hydrogen) atoms. The maximum Gasteiger partial charge on any atom is 0.183 e. The maximum atomic E-state index is 5.43. The van der Waals surface area contributed by atoms with E-state index in [1.54, 1.807) is 0 Å². The first-order valence-electron chi connectivity index (χ1n) is 4.16. The van der Waals surface area contributed by atoms with E-state index >= 15 is 0 Å². The lowest BCUT2D eigenvalue weighted by Gasteiger charge is -2.28. The molecule has 0 aromatic carbocycles. The van der Waals surface area contributed by atoms with Gasteiger partial charge in [0.25, 0.3) is 0 Å². The molecule has 0 heterocycles. The van der Waals surface area contributed by atoms with Gasteiger partial charge in [0.05, 0.1) is 20.7 Å². The molecule has 68 valence electrons. The minimum absolute atomic E-state index is 0.786. The lowest BCUT2D eigenvalue weighted by atomic mass is 10.5. The first-order valence-corrected chi connectivity index (χ1v) is 4.16. The minimum atomic E-state index is 0.786. The van der Waals surface area contributed by atoms with Crippen molar-refractivity contribution < 1.29 is 9.22 Å². The lowest BCUT2D eigenvalue weighted by molar-refractivity contribution is -0.912. The number of hydrogen-bond acceptors (Lipinski definition) is 2. The molecule has 1 N–H and O–H groups in total. The van der Waals surface area contributed by atoms with Gasteiger partial charge in [-0.2, -0.15) is 0 Å². The van der Waals surface area contributed by atoms with Gasteiger partial charge in [0.1, 0.15) is 6.67 Å². The maximum absolute atomic E-state index is 5.43. The third-order valence-electron chi connectivity index (χ3n) is 1.38. The number of rotatable bonds is 6.